The second kappa shape index (κ2) is 8.44. The first-order chi connectivity index (χ1) is 8.69. The Morgan fingerprint density at radius 3 is 0.944 bits per heavy atom. The first-order valence-electron chi connectivity index (χ1n) is 4.73. The molecule has 0 amide bonds. The summed E-state index contributed by atoms with van der Waals surface area (Å²) in [7, 11) is 0. The normalized spacial score (nSPS) is 10.2. The van der Waals surface area contributed by atoms with Crippen molar-refractivity contribution in [2.75, 3.05) is 0 Å². The molecule has 0 heterocycles. The summed E-state index contributed by atoms with van der Waals surface area (Å²) < 4.78 is 35.2. The molecule has 0 saturated carbocycles. The Balaban J connectivity index is 3.88. The van der Waals surface area contributed by atoms with Crippen LogP contribution in [0.25, 0.3) is 0 Å². The van der Waals surface area contributed by atoms with Crippen LogP contribution < -0.4 is 9.81 Å². The van der Waals surface area contributed by atoms with Crippen LogP contribution in [0.15, 0.2) is 0 Å². The van der Waals surface area contributed by atoms with Crippen LogP contribution in [-0.4, -0.2) is 85.0 Å². The van der Waals surface area contributed by atoms with Crippen LogP contribution in [-0.2, 0) is 28.3 Å². The maximum absolute atomic E-state index is 11.4. The first-order valence-corrected chi connectivity index (χ1v) is 14.2. The van der Waals surface area contributed by atoms with E-state index < -0.39 is 89.5 Å². The Morgan fingerprint density at radius 2 is 0.833 bits per heavy atom. The predicted octanol–water partition coefficient (Wildman–Crippen LogP) is -3.81. The fourth-order valence-corrected chi connectivity index (χ4v) is 12.9. The molecule has 0 aliphatic rings. The van der Waals surface area contributed by atoms with E-state index in [2.05, 4.69) is 0 Å². The molecule has 0 unspecified atom stereocenters. The maximum atomic E-state index is 11.4. The van der Waals surface area contributed by atoms with Crippen molar-refractivity contribution in [1.29, 1.82) is 0 Å². The van der Waals surface area contributed by atoms with Crippen molar-refractivity contribution in [3.63, 3.8) is 0 Å². The molecule has 0 spiro atoms. The fraction of sp³-hybridized carbons (Fsp3) is 0.333. The van der Waals surface area contributed by atoms with Gasteiger partial charge in [0.15, 0.2) is 0 Å². The van der Waals surface area contributed by atoms with Gasteiger partial charge in [0.1, 0.15) is 0 Å². The van der Waals surface area contributed by atoms with Crippen LogP contribution in [0, 0.1) is 0 Å². The molecule has 0 fully saturated rings. The van der Waals surface area contributed by atoms with Crippen molar-refractivity contribution in [3.8, 4) is 0 Å². The van der Waals surface area contributed by atoms with E-state index in [0.717, 1.165) is 0 Å². The average molecular weight is 840 g/mol. The molecule has 3 N–H and O–H groups in total. The zero-order valence-corrected chi connectivity index (χ0v) is 19.5. The van der Waals surface area contributed by atoms with E-state index in [1.807, 2.05) is 0 Å². The predicted molar refractivity (Wildman–Crippen MR) is 62.4 cm³/mol. The van der Waals surface area contributed by atoms with E-state index in [4.69, 9.17) is 0 Å². The van der Waals surface area contributed by atoms with E-state index in [1.165, 1.54) is 0 Å². The minimum absolute atomic E-state index is 0.319. The summed E-state index contributed by atoms with van der Waals surface area (Å²) in [6.45, 7) is -1.27. The molecule has 0 bridgehead atoms. The molecule has 0 aromatic heterocycles. The summed E-state index contributed by atoms with van der Waals surface area (Å²) in [5.74, 6) is 0. The second-order valence-corrected chi connectivity index (χ2v) is 10.6. The number of hydrogen-bond acceptors (Lipinski definition) is 6. The van der Waals surface area contributed by atoms with Gasteiger partial charge in [-0.1, -0.05) is 0 Å². The minimum atomic E-state index is -2.32. The fourth-order valence-electron chi connectivity index (χ4n) is 1.66. The Morgan fingerprint density at radius 1 is 0.611 bits per heavy atom. The van der Waals surface area contributed by atoms with Gasteiger partial charge in [-0.05, 0) is 0 Å². The van der Waals surface area contributed by atoms with Crippen molar-refractivity contribution in [2.45, 2.75) is 19.8 Å². The van der Waals surface area contributed by atoms with Gasteiger partial charge in [0.2, 0.25) is 0 Å². The third-order valence-corrected chi connectivity index (χ3v) is 10.9. The molecule has 18 heavy (non-hydrogen) atoms. The number of benzene rings is 1. The quantitative estimate of drug-likeness (QED) is 0.254. The third-order valence-electron chi connectivity index (χ3n) is 2.46. The molecule has 1 aromatic carbocycles. The van der Waals surface area contributed by atoms with Crippen molar-refractivity contribution in [2.24, 2.45) is 0 Å². The molecule has 0 radical (unpaired) electrons. The van der Waals surface area contributed by atoms with Crippen molar-refractivity contribution < 1.29 is 23.8 Å². The van der Waals surface area contributed by atoms with Crippen LogP contribution >= 0.6 is 0 Å². The summed E-state index contributed by atoms with van der Waals surface area (Å²) in [6.07, 6.45) is 0. The van der Waals surface area contributed by atoms with Gasteiger partial charge >= 0.3 is 140 Å². The SMILES string of the molecule is [O]=[Bi][c]1c(CO)[c]([Bi]=[O])c(CO)[c]([Bi]=[O])c1CO. The zero-order chi connectivity index (χ0) is 13.7. The van der Waals surface area contributed by atoms with Crippen LogP contribution in [0.3, 0.4) is 0 Å². The van der Waals surface area contributed by atoms with Gasteiger partial charge in [0.05, 0.1) is 0 Å². The molecule has 1 aromatic rings. The second-order valence-electron chi connectivity index (χ2n) is 3.23. The van der Waals surface area contributed by atoms with Crippen molar-refractivity contribution >= 4 is 79.5 Å². The summed E-state index contributed by atoms with van der Waals surface area (Å²) in [5.41, 5.74) is 0.958. The molecule has 0 aliphatic heterocycles. The summed E-state index contributed by atoms with van der Waals surface area (Å²) in [6, 6.07) is 0. The van der Waals surface area contributed by atoms with Crippen LogP contribution in [0.2, 0.25) is 0 Å². The number of aliphatic hydroxyl groups excluding tert-OH is 3. The van der Waals surface area contributed by atoms with Gasteiger partial charge in [0.25, 0.3) is 0 Å². The number of hydrogen-bond donors (Lipinski definition) is 3. The average Bonchev–Trinajstić information content (AvgIpc) is 2.43. The Hall–Kier alpha value is 1.15. The molecule has 6 nitrogen and oxygen atoms in total. The van der Waals surface area contributed by atoms with Gasteiger partial charge in [-0.2, -0.15) is 0 Å². The van der Waals surface area contributed by atoms with Gasteiger partial charge in [-0.3, -0.25) is 0 Å². The molecular weight excluding hydrogens is 831 g/mol. The molecule has 0 atom stereocenters. The summed E-state index contributed by atoms with van der Waals surface area (Å²) in [4.78, 5) is 0. The van der Waals surface area contributed by atoms with E-state index >= 15 is 0 Å². The number of rotatable bonds is 6. The van der Waals surface area contributed by atoms with Gasteiger partial charge < -0.3 is 0 Å². The topological polar surface area (TPSA) is 112 Å². The standard InChI is InChI=1S/C9H9O3.3Bi.3O/c10-4-7-1-8(5-11)3-9(2-7)6-12;;;;;;/h10-12H,4-6H2;;;;;;. The van der Waals surface area contributed by atoms with E-state index in [-0.39, 0.29) is 0 Å². The van der Waals surface area contributed by atoms with Gasteiger partial charge in [-0.15, -0.1) is 0 Å². The van der Waals surface area contributed by atoms with Crippen molar-refractivity contribution in [1.82, 2.24) is 0 Å². The van der Waals surface area contributed by atoms with E-state index in [9.17, 15) is 23.8 Å². The molecule has 9 heteroatoms. The van der Waals surface area contributed by atoms with E-state index in [0.29, 0.717) is 26.5 Å². The summed E-state index contributed by atoms with van der Waals surface area (Å²) in [5, 5.41) is 28.0. The molecule has 0 saturated heterocycles. The Labute approximate surface area is 138 Å². The van der Waals surface area contributed by atoms with Crippen LogP contribution in [0.5, 0.6) is 0 Å². The molecule has 0 aliphatic carbocycles. The Kier molecular flexibility index (Phi) is 8.06. The van der Waals surface area contributed by atoms with Crippen molar-refractivity contribution in [3.05, 3.63) is 16.7 Å². The van der Waals surface area contributed by atoms with E-state index in [1.54, 1.807) is 0 Å². The summed E-state index contributed by atoms with van der Waals surface area (Å²) >= 11 is -6.97. The first kappa shape index (κ1) is 17.2. The molecule has 1 rings (SSSR count). The monoisotopic (exact) mass is 840 g/mol. The molecule has 96 valence electrons. The van der Waals surface area contributed by atoms with Gasteiger partial charge in [0, 0.05) is 0 Å². The van der Waals surface area contributed by atoms with Gasteiger partial charge in [-0.25, -0.2) is 0 Å². The molecular formula is C9H9Bi3O6. The zero-order valence-electron chi connectivity index (χ0n) is 9.03. The van der Waals surface area contributed by atoms with Crippen LogP contribution in [0.1, 0.15) is 16.7 Å². The number of aliphatic hydroxyl groups is 3. The Bertz CT molecular complexity index is 409. The van der Waals surface area contributed by atoms with Crippen LogP contribution in [0.4, 0.5) is 0 Å². The third kappa shape index (κ3) is 3.24.